The Bertz CT molecular complexity index is 452. The maximum absolute atomic E-state index is 5.37. The number of thiazole rings is 1. The van der Waals surface area contributed by atoms with Crippen molar-refractivity contribution in [1.29, 1.82) is 0 Å². The fraction of sp³-hybridized carbons (Fsp3) is 0.500. The fourth-order valence-corrected chi connectivity index (χ4v) is 3.49. The van der Waals surface area contributed by atoms with Crippen LogP contribution in [0.25, 0.3) is 0 Å². The number of aromatic nitrogens is 1. The van der Waals surface area contributed by atoms with Crippen molar-refractivity contribution < 1.29 is 4.42 Å². The van der Waals surface area contributed by atoms with Crippen molar-refractivity contribution in [3.8, 4) is 0 Å². The van der Waals surface area contributed by atoms with Gasteiger partial charge in [0.15, 0.2) is 0 Å². The summed E-state index contributed by atoms with van der Waals surface area (Å²) in [5, 5.41) is 3.36. The molecule has 1 saturated heterocycles. The second-order valence-corrected chi connectivity index (χ2v) is 5.67. The van der Waals surface area contributed by atoms with Crippen molar-refractivity contribution in [2.45, 2.75) is 31.7 Å². The molecule has 4 heteroatoms. The molecule has 1 aliphatic rings. The Kier molecular flexibility index (Phi) is 3.76. The first-order valence-corrected chi connectivity index (χ1v) is 7.47. The fourth-order valence-electron chi connectivity index (χ4n) is 2.68. The van der Waals surface area contributed by atoms with Crippen molar-refractivity contribution in [2.24, 2.45) is 0 Å². The van der Waals surface area contributed by atoms with E-state index in [1.165, 1.54) is 24.4 Å². The molecule has 1 fully saturated rings. The molecule has 2 aromatic heterocycles. The molecular formula is C14H18N2OS. The molecule has 3 nitrogen and oxygen atoms in total. The van der Waals surface area contributed by atoms with Crippen molar-refractivity contribution in [1.82, 2.24) is 9.88 Å². The standard InChI is InChI=1S/C14H18N2OS/c1(4-12-5-3-10-17-12)8-16-9-2-6-13(16)14-15-7-11-18-14/h3,5,7,10-11,13H,1-2,4,6,8-9H2/t13-/m0/s1. The molecule has 0 amide bonds. The van der Waals surface area contributed by atoms with Crippen molar-refractivity contribution in [3.63, 3.8) is 0 Å². The lowest BCUT2D eigenvalue weighted by Crippen LogP contribution is -2.24. The van der Waals surface area contributed by atoms with Crippen LogP contribution >= 0.6 is 11.3 Å². The summed E-state index contributed by atoms with van der Waals surface area (Å²) in [5.74, 6) is 1.10. The van der Waals surface area contributed by atoms with Gasteiger partial charge < -0.3 is 4.42 Å². The highest BCUT2D eigenvalue weighted by Gasteiger charge is 2.27. The van der Waals surface area contributed by atoms with Crippen LogP contribution in [0.15, 0.2) is 34.4 Å². The van der Waals surface area contributed by atoms with Gasteiger partial charge >= 0.3 is 0 Å². The average molecular weight is 262 g/mol. The second kappa shape index (κ2) is 5.67. The third-order valence-electron chi connectivity index (χ3n) is 3.55. The van der Waals surface area contributed by atoms with Gasteiger partial charge in [-0.3, -0.25) is 4.90 Å². The zero-order valence-electron chi connectivity index (χ0n) is 10.4. The van der Waals surface area contributed by atoms with Gasteiger partial charge in [0.05, 0.1) is 12.3 Å². The van der Waals surface area contributed by atoms with E-state index in [0.717, 1.165) is 25.1 Å². The van der Waals surface area contributed by atoms with Gasteiger partial charge in [0.2, 0.25) is 0 Å². The molecule has 0 saturated carbocycles. The quantitative estimate of drug-likeness (QED) is 0.826. The minimum Gasteiger partial charge on any atom is -0.469 e. The lowest BCUT2D eigenvalue weighted by atomic mass is 10.2. The van der Waals surface area contributed by atoms with Crippen LogP contribution in [0.1, 0.15) is 36.1 Å². The summed E-state index contributed by atoms with van der Waals surface area (Å²) < 4.78 is 5.37. The second-order valence-electron chi connectivity index (χ2n) is 4.75. The molecule has 0 bridgehead atoms. The molecule has 0 radical (unpaired) electrons. The van der Waals surface area contributed by atoms with E-state index in [2.05, 4.69) is 21.3 Å². The lowest BCUT2D eigenvalue weighted by Gasteiger charge is -2.22. The maximum Gasteiger partial charge on any atom is 0.110 e. The van der Waals surface area contributed by atoms with Crippen LogP contribution in [0.4, 0.5) is 0 Å². The molecule has 3 heterocycles. The molecular weight excluding hydrogens is 244 g/mol. The third kappa shape index (κ3) is 2.65. The van der Waals surface area contributed by atoms with E-state index in [4.69, 9.17) is 4.42 Å². The van der Waals surface area contributed by atoms with Crippen LogP contribution in [-0.2, 0) is 6.42 Å². The Labute approximate surface area is 111 Å². The molecule has 2 aromatic rings. The average Bonchev–Trinajstić information content (AvgIpc) is 3.12. The predicted molar refractivity (Wildman–Crippen MR) is 72.7 cm³/mol. The summed E-state index contributed by atoms with van der Waals surface area (Å²) in [6.45, 7) is 2.35. The Morgan fingerprint density at radius 1 is 1.50 bits per heavy atom. The predicted octanol–water partition coefficient (Wildman–Crippen LogP) is 3.51. The molecule has 0 aromatic carbocycles. The van der Waals surface area contributed by atoms with Gasteiger partial charge in [-0.25, -0.2) is 4.98 Å². The Hall–Kier alpha value is -1.13. The number of hydrogen-bond acceptors (Lipinski definition) is 4. The van der Waals surface area contributed by atoms with Crippen LogP contribution in [0.2, 0.25) is 0 Å². The lowest BCUT2D eigenvalue weighted by molar-refractivity contribution is 0.251. The zero-order chi connectivity index (χ0) is 12.2. The summed E-state index contributed by atoms with van der Waals surface area (Å²) >= 11 is 1.78. The monoisotopic (exact) mass is 262 g/mol. The Morgan fingerprint density at radius 2 is 2.50 bits per heavy atom. The smallest absolute Gasteiger partial charge is 0.110 e. The first-order valence-electron chi connectivity index (χ1n) is 6.59. The molecule has 0 unspecified atom stereocenters. The topological polar surface area (TPSA) is 29.3 Å². The molecule has 0 spiro atoms. The van der Waals surface area contributed by atoms with Gasteiger partial charge in [0.1, 0.15) is 10.8 Å². The Balaban J connectivity index is 1.52. The van der Waals surface area contributed by atoms with Gasteiger partial charge in [-0.2, -0.15) is 0 Å². The van der Waals surface area contributed by atoms with Gasteiger partial charge in [-0.05, 0) is 44.5 Å². The zero-order valence-corrected chi connectivity index (χ0v) is 11.2. The molecule has 0 aliphatic carbocycles. The summed E-state index contributed by atoms with van der Waals surface area (Å²) in [7, 11) is 0. The maximum atomic E-state index is 5.37. The van der Waals surface area contributed by atoms with Gasteiger partial charge in [-0.15, -0.1) is 11.3 Å². The first kappa shape index (κ1) is 11.9. The number of furan rings is 1. The Morgan fingerprint density at radius 3 is 3.28 bits per heavy atom. The van der Waals surface area contributed by atoms with Crippen LogP contribution in [0.5, 0.6) is 0 Å². The van der Waals surface area contributed by atoms with Crippen molar-refractivity contribution in [2.75, 3.05) is 13.1 Å². The normalized spacial score (nSPS) is 20.6. The summed E-state index contributed by atoms with van der Waals surface area (Å²) in [5.41, 5.74) is 0. The van der Waals surface area contributed by atoms with Crippen molar-refractivity contribution >= 4 is 11.3 Å². The van der Waals surface area contributed by atoms with E-state index in [9.17, 15) is 0 Å². The van der Waals surface area contributed by atoms with E-state index < -0.39 is 0 Å². The highest BCUT2D eigenvalue weighted by Crippen LogP contribution is 2.32. The molecule has 0 N–H and O–H groups in total. The van der Waals surface area contributed by atoms with Crippen LogP contribution in [0.3, 0.4) is 0 Å². The number of rotatable bonds is 5. The summed E-state index contributed by atoms with van der Waals surface area (Å²) in [4.78, 5) is 7.04. The molecule has 1 aliphatic heterocycles. The van der Waals surface area contributed by atoms with Gasteiger partial charge in [-0.1, -0.05) is 0 Å². The molecule has 1 atom stereocenters. The molecule has 18 heavy (non-hydrogen) atoms. The first-order chi connectivity index (χ1) is 8.93. The van der Waals surface area contributed by atoms with Gasteiger partial charge in [0, 0.05) is 18.0 Å². The minimum atomic E-state index is 0.557. The molecule has 96 valence electrons. The van der Waals surface area contributed by atoms with E-state index in [1.54, 1.807) is 17.6 Å². The van der Waals surface area contributed by atoms with E-state index in [1.807, 2.05) is 12.3 Å². The SMILES string of the molecule is c1coc(CCCN2CCC[C@H]2c2nccs2)c1. The number of nitrogens with zero attached hydrogens (tertiary/aromatic N) is 2. The highest BCUT2D eigenvalue weighted by atomic mass is 32.1. The number of likely N-dealkylation sites (tertiary alicyclic amines) is 1. The van der Waals surface area contributed by atoms with Crippen LogP contribution in [-0.4, -0.2) is 23.0 Å². The van der Waals surface area contributed by atoms with E-state index >= 15 is 0 Å². The van der Waals surface area contributed by atoms with E-state index in [-0.39, 0.29) is 0 Å². The highest BCUT2D eigenvalue weighted by molar-refractivity contribution is 7.09. The largest absolute Gasteiger partial charge is 0.469 e. The summed E-state index contributed by atoms with van der Waals surface area (Å²) in [6, 6.07) is 4.58. The third-order valence-corrected chi connectivity index (χ3v) is 4.43. The van der Waals surface area contributed by atoms with E-state index in [0.29, 0.717) is 6.04 Å². The minimum absolute atomic E-state index is 0.557. The van der Waals surface area contributed by atoms with Crippen molar-refractivity contribution in [3.05, 3.63) is 40.7 Å². The number of hydrogen-bond donors (Lipinski definition) is 0. The van der Waals surface area contributed by atoms with Crippen LogP contribution in [0, 0.1) is 0 Å². The molecule has 3 rings (SSSR count). The summed E-state index contributed by atoms with van der Waals surface area (Å²) in [6.07, 6.45) is 8.42. The van der Waals surface area contributed by atoms with Gasteiger partial charge in [0.25, 0.3) is 0 Å². The van der Waals surface area contributed by atoms with Crippen LogP contribution < -0.4 is 0 Å². The number of aryl methyl sites for hydroxylation is 1.